The van der Waals surface area contributed by atoms with Crippen molar-refractivity contribution in [3.05, 3.63) is 65.5 Å². The van der Waals surface area contributed by atoms with Crippen LogP contribution in [0.1, 0.15) is 22.8 Å². The molecule has 29 heavy (non-hydrogen) atoms. The number of thioether (sulfide) groups is 1. The first-order chi connectivity index (χ1) is 14.0. The quantitative estimate of drug-likeness (QED) is 0.617. The molecule has 2 heterocycles. The maximum Gasteiger partial charge on any atom is 0.253 e. The van der Waals surface area contributed by atoms with Gasteiger partial charge in [0, 0.05) is 48.5 Å². The molecule has 0 aliphatic carbocycles. The van der Waals surface area contributed by atoms with Crippen molar-refractivity contribution >= 4 is 29.3 Å². The molecule has 2 amide bonds. The maximum atomic E-state index is 14.9. The monoisotopic (exact) mass is 414 g/mol. The Labute approximate surface area is 173 Å². The van der Waals surface area contributed by atoms with Crippen LogP contribution >= 0.6 is 11.8 Å². The fraction of sp³-hybridized carbons (Fsp3) is 0.333. The Morgan fingerprint density at radius 3 is 2.76 bits per heavy atom. The molecule has 0 aromatic heterocycles. The van der Waals surface area contributed by atoms with Gasteiger partial charge in [-0.05, 0) is 30.3 Å². The van der Waals surface area contributed by atoms with E-state index in [4.69, 9.17) is 0 Å². The van der Waals surface area contributed by atoms with Crippen LogP contribution in [-0.4, -0.2) is 36.2 Å². The third kappa shape index (κ3) is 4.01. The van der Waals surface area contributed by atoms with Crippen molar-refractivity contribution in [1.29, 1.82) is 0 Å². The Morgan fingerprint density at radius 1 is 1.21 bits per heavy atom. The third-order valence-corrected chi connectivity index (χ3v) is 6.57. The molecule has 1 unspecified atom stereocenters. The molecule has 8 heteroatoms. The first kappa shape index (κ1) is 19.9. The fourth-order valence-electron chi connectivity index (χ4n) is 4.03. The van der Waals surface area contributed by atoms with E-state index in [0.717, 1.165) is 12.3 Å². The minimum absolute atomic E-state index is 0.152. The number of fused-ring (bicyclic) bond motifs is 1. The average Bonchev–Trinajstić information content (AvgIpc) is 3.14. The molecule has 0 bridgehead atoms. The van der Waals surface area contributed by atoms with E-state index in [1.54, 1.807) is 36.0 Å². The minimum Gasteiger partial charge on any atom is -0.328 e. The number of nitrogens with one attached hydrogen (secondary N) is 4. The zero-order valence-electron chi connectivity index (χ0n) is 16.0. The predicted molar refractivity (Wildman–Crippen MR) is 112 cm³/mol. The van der Waals surface area contributed by atoms with E-state index < -0.39 is 5.54 Å². The van der Waals surface area contributed by atoms with Gasteiger partial charge in [-0.15, -0.1) is 11.8 Å². The van der Waals surface area contributed by atoms with E-state index in [0.29, 0.717) is 23.4 Å². The van der Waals surface area contributed by atoms with Gasteiger partial charge in [0.2, 0.25) is 5.91 Å². The lowest BCUT2D eigenvalue weighted by molar-refractivity contribution is -0.114. The summed E-state index contributed by atoms with van der Waals surface area (Å²) < 4.78 is 14.9. The number of anilines is 1. The Balaban J connectivity index is 1.61. The second-order valence-electron chi connectivity index (χ2n) is 7.37. The number of carbonyl (C=O) groups excluding carboxylic acids is 2. The average molecular weight is 415 g/mol. The highest BCUT2D eigenvalue weighted by molar-refractivity contribution is 7.99. The molecule has 2 aliphatic heterocycles. The number of halogens is 1. The molecule has 4 N–H and O–H groups in total. The van der Waals surface area contributed by atoms with E-state index in [-0.39, 0.29) is 29.0 Å². The normalized spacial score (nSPS) is 25.9. The molecule has 2 aromatic rings. The number of rotatable bonds is 4. The molecule has 0 spiro atoms. The van der Waals surface area contributed by atoms with Crippen molar-refractivity contribution in [1.82, 2.24) is 16.0 Å². The fourth-order valence-corrected chi connectivity index (χ4v) is 5.34. The van der Waals surface area contributed by atoms with Gasteiger partial charge >= 0.3 is 0 Å². The van der Waals surface area contributed by atoms with Gasteiger partial charge in [-0.25, -0.2) is 4.39 Å². The van der Waals surface area contributed by atoms with Crippen LogP contribution in [-0.2, 0) is 10.3 Å². The summed E-state index contributed by atoms with van der Waals surface area (Å²) in [5.74, 6) is 0.201. The van der Waals surface area contributed by atoms with Crippen molar-refractivity contribution < 1.29 is 14.0 Å². The number of hydrogen-bond acceptors (Lipinski definition) is 5. The lowest BCUT2D eigenvalue weighted by atomic mass is 9.80. The summed E-state index contributed by atoms with van der Waals surface area (Å²) in [4.78, 5) is 24.0. The second kappa shape index (κ2) is 8.14. The summed E-state index contributed by atoms with van der Waals surface area (Å²) >= 11 is 1.60. The highest BCUT2D eigenvalue weighted by atomic mass is 32.2. The standard InChI is InChI=1S/C21H23FN4O2S/c1-13(27)24-16-7-8-18(22)17(9-16)21-12-23-10-15(21)11-29-20(26-21)25-19(28)14-5-3-2-4-6-14/h2-9,15,20,23,26H,10-12H2,1H3,(H,24,27)(H,25,28)/t15-,20?,21-/m0/s1. The number of benzene rings is 2. The molecule has 2 saturated heterocycles. The van der Waals surface area contributed by atoms with Crippen molar-refractivity contribution in [3.8, 4) is 0 Å². The van der Waals surface area contributed by atoms with Crippen LogP contribution in [0.15, 0.2) is 48.5 Å². The molecule has 2 aliphatic rings. The van der Waals surface area contributed by atoms with E-state index in [9.17, 15) is 14.0 Å². The number of amides is 2. The van der Waals surface area contributed by atoms with Crippen LogP contribution < -0.4 is 21.3 Å². The van der Waals surface area contributed by atoms with Crippen LogP contribution in [0, 0.1) is 11.7 Å². The molecule has 6 nitrogen and oxygen atoms in total. The van der Waals surface area contributed by atoms with Crippen molar-refractivity contribution in [2.24, 2.45) is 5.92 Å². The first-order valence-corrected chi connectivity index (χ1v) is 10.6. The predicted octanol–water partition coefficient (Wildman–Crippen LogP) is 2.25. The van der Waals surface area contributed by atoms with Crippen molar-refractivity contribution in [2.45, 2.75) is 18.0 Å². The van der Waals surface area contributed by atoms with Gasteiger partial charge in [-0.3, -0.25) is 14.9 Å². The van der Waals surface area contributed by atoms with Gasteiger partial charge < -0.3 is 16.0 Å². The molecule has 2 fully saturated rings. The third-order valence-electron chi connectivity index (χ3n) is 5.41. The summed E-state index contributed by atoms with van der Waals surface area (Å²) in [5, 5.41) is 12.6. The second-order valence-corrected chi connectivity index (χ2v) is 8.51. The van der Waals surface area contributed by atoms with Crippen LogP contribution in [0.3, 0.4) is 0 Å². The highest BCUT2D eigenvalue weighted by Crippen LogP contribution is 2.42. The highest BCUT2D eigenvalue weighted by Gasteiger charge is 2.50. The van der Waals surface area contributed by atoms with E-state index in [1.807, 2.05) is 18.2 Å². The van der Waals surface area contributed by atoms with Crippen LogP contribution in [0.2, 0.25) is 0 Å². The zero-order chi connectivity index (χ0) is 20.4. The Hall–Kier alpha value is -2.42. The van der Waals surface area contributed by atoms with Crippen molar-refractivity contribution in [2.75, 3.05) is 24.2 Å². The van der Waals surface area contributed by atoms with Crippen LogP contribution in [0.4, 0.5) is 10.1 Å². The molecule has 0 radical (unpaired) electrons. The minimum atomic E-state index is -0.668. The van der Waals surface area contributed by atoms with E-state index in [2.05, 4.69) is 21.3 Å². The van der Waals surface area contributed by atoms with Gasteiger partial charge in [0.15, 0.2) is 0 Å². The van der Waals surface area contributed by atoms with Gasteiger partial charge in [-0.2, -0.15) is 0 Å². The molecular weight excluding hydrogens is 391 g/mol. The van der Waals surface area contributed by atoms with Crippen LogP contribution in [0.25, 0.3) is 0 Å². The molecule has 3 atom stereocenters. The first-order valence-electron chi connectivity index (χ1n) is 9.51. The Bertz CT molecular complexity index is 926. The molecule has 152 valence electrons. The van der Waals surface area contributed by atoms with E-state index in [1.165, 1.54) is 13.0 Å². The van der Waals surface area contributed by atoms with E-state index >= 15 is 0 Å². The summed E-state index contributed by atoms with van der Waals surface area (Å²) in [7, 11) is 0. The summed E-state index contributed by atoms with van der Waals surface area (Å²) in [6.07, 6.45) is 0. The molecule has 2 aromatic carbocycles. The van der Waals surface area contributed by atoms with Gasteiger partial charge in [0.1, 0.15) is 11.3 Å². The molecular formula is C21H23FN4O2S. The summed E-state index contributed by atoms with van der Waals surface area (Å²) in [6.45, 7) is 2.71. The lowest BCUT2D eigenvalue weighted by Crippen LogP contribution is -2.61. The SMILES string of the molecule is CC(=O)Nc1ccc(F)c([C@]23CNC[C@H]2CSC(NC(=O)c2ccccc2)N3)c1. The summed E-state index contributed by atoms with van der Waals surface area (Å²) in [6, 6.07) is 13.6. The Morgan fingerprint density at radius 2 is 2.00 bits per heavy atom. The zero-order valence-corrected chi connectivity index (χ0v) is 16.8. The van der Waals surface area contributed by atoms with Crippen molar-refractivity contribution in [3.63, 3.8) is 0 Å². The topological polar surface area (TPSA) is 82.3 Å². The molecule has 4 rings (SSSR count). The maximum absolute atomic E-state index is 14.9. The summed E-state index contributed by atoms with van der Waals surface area (Å²) in [5.41, 5.74) is 0.604. The Kier molecular flexibility index (Phi) is 5.58. The smallest absolute Gasteiger partial charge is 0.253 e. The van der Waals surface area contributed by atoms with Gasteiger partial charge in [0.05, 0.1) is 5.54 Å². The van der Waals surface area contributed by atoms with Gasteiger partial charge in [0.25, 0.3) is 5.91 Å². The number of hydrogen-bond donors (Lipinski definition) is 4. The van der Waals surface area contributed by atoms with Crippen LogP contribution in [0.5, 0.6) is 0 Å². The van der Waals surface area contributed by atoms with Gasteiger partial charge in [-0.1, -0.05) is 18.2 Å². The number of carbonyl (C=O) groups is 2. The molecule has 0 saturated carbocycles. The lowest BCUT2D eigenvalue weighted by Gasteiger charge is -2.44. The largest absolute Gasteiger partial charge is 0.328 e.